The van der Waals surface area contributed by atoms with E-state index in [9.17, 15) is 4.79 Å². The average molecular weight is 240 g/mol. The Morgan fingerprint density at radius 3 is 2.88 bits per heavy atom. The van der Waals surface area contributed by atoms with Crippen LogP contribution in [0.1, 0.15) is 24.8 Å². The highest BCUT2D eigenvalue weighted by Gasteiger charge is 2.43. The van der Waals surface area contributed by atoms with Crippen LogP contribution >= 0.6 is 11.6 Å². The van der Waals surface area contributed by atoms with E-state index in [1.807, 2.05) is 0 Å². The van der Waals surface area contributed by atoms with Crippen LogP contribution in [0.3, 0.4) is 0 Å². The molecule has 0 amide bonds. The molecular weight excluding hydrogens is 226 g/mol. The third-order valence-electron chi connectivity index (χ3n) is 3.27. The van der Waals surface area contributed by atoms with E-state index in [-0.39, 0.29) is 5.78 Å². The molecule has 1 aliphatic carbocycles. The van der Waals surface area contributed by atoms with Gasteiger partial charge in [-0.25, -0.2) is 0 Å². The molecule has 0 saturated heterocycles. The lowest BCUT2D eigenvalue weighted by atomic mass is 9.75. The van der Waals surface area contributed by atoms with Gasteiger partial charge >= 0.3 is 0 Å². The fourth-order valence-electron chi connectivity index (χ4n) is 1.98. The lowest BCUT2D eigenvalue weighted by molar-refractivity contribution is -0.151. The topological polar surface area (TPSA) is 39.2 Å². The first kappa shape index (κ1) is 11.6. The van der Waals surface area contributed by atoms with E-state index in [2.05, 4.69) is 4.98 Å². The van der Waals surface area contributed by atoms with Gasteiger partial charge < -0.3 is 4.74 Å². The Kier molecular flexibility index (Phi) is 3.26. The minimum absolute atomic E-state index is 0.120. The second-order valence-corrected chi connectivity index (χ2v) is 4.53. The summed E-state index contributed by atoms with van der Waals surface area (Å²) in [6.07, 6.45) is 6.24. The number of pyridine rings is 1. The molecule has 1 aliphatic rings. The molecule has 4 heteroatoms. The number of aromatic nitrogens is 1. The summed E-state index contributed by atoms with van der Waals surface area (Å²) in [6, 6.07) is 1.78. The standard InChI is InChI=1S/C12H14ClNO2/c1-16-12(4-2-5-12)11(15)7-9-3-6-14-8-10(9)13/h3,6,8H,2,4-5,7H2,1H3. The van der Waals surface area contributed by atoms with Crippen molar-refractivity contribution >= 4 is 17.4 Å². The molecule has 0 unspecified atom stereocenters. The molecule has 1 aromatic heterocycles. The quantitative estimate of drug-likeness (QED) is 0.810. The highest BCUT2D eigenvalue weighted by Crippen LogP contribution is 2.37. The summed E-state index contributed by atoms with van der Waals surface area (Å²) in [5, 5.41) is 0.543. The van der Waals surface area contributed by atoms with Gasteiger partial charge in [-0.15, -0.1) is 0 Å². The molecule has 1 heterocycles. The average Bonchev–Trinajstić information content (AvgIpc) is 2.21. The van der Waals surface area contributed by atoms with Gasteiger partial charge in [-0.2, -0.15) is 0 Å². The third-order valence-corrected chi connectivity index (χ3v) is 3.61. The van der Waals surface area contributed by atoms with E-state index in [0.717, 1.165) is 24.8 Å². The highest BCUT2D eigenvalue weighted by atomic mass is 35.5. The van der Waals surface area contributed by atoms with Crippen molar-refractivity contribution in [3.05, 3.63) is 29.0 Å². The van der Waals surface area contributed by atoms with E-state index < -0.39 is 5.60 Å². The second kappa shape index (κ2) is 4.52. The van der Waals surface area contributed by atoms with Crippen molar-refractivity contribution in [3.63, 3.8) is 0 Å². The maximum absolute atomic E-state index is 12.1. The summed E-state index contributed by atoms with van der Waals surface area (Å²) in [6.45, 7) is 0. The largest absolute Gasteiger partial charge is 0.370 e. The summed E-state index contributed by atoms with van der Waals surface area (Å²) in [4.78, 5) is 16.0. The number of hydrogen-bond donors (Lipinski definition) is 0. The van der Waals surface area contributed by atoms with Crippen LogP contribution in [0.5, 0.6) is 0 Å². The van der Waals surface area contributed by atoms with Crippen molar-refractivity contribution in [3.8, 4) is 0 Å². The number of methoxy groups -OCH3 is 1. The molecule has 0 aromatic carbocycles. The van der Waals surface area contributed by atoms with Crippen LogP contribution in [0.2, 0.25) is 5.02 Å². The predicted molar refractivity (Wildman–Crippen MR) is 61.5 cm³/mol. The number of carbonyl (C=O) groups excluding carboxylic acids is 1. The van der Waals surface area contributed by atoms with Crippen molar-refractivity contribution in [2.45, 2.75) is 31.3 Å². The minimum atomic E-state index is -0.549. The van der Waals surface area contributed by atoms with Gasteiger partial charge in [-0.1, -0.05) is 11.6 Å². The molecule has 0 atom stereocenters. The fourth-order valence-corrected chi connectivity index (χ4v) is 2.16. The molecule has 3 nitrogen and oxygen atoms in total. The minimum Gasteiger partial charge on any atom is -0.370 e. The first-order chi connectivity index (χ1) is 7.68. The first-order valence-corrected chi connectivity index (χ1v) is 5.72. The van der Waals surface area contributed by atoms with Crippen LogP contribution in [0.25, 0.3) is 0 Å². The molecule has 0 bridgehead atoms. The van der Waals surface area contributed by atoms with E-state index in [4.69, 9.17) is 16.3 Å². The van der Waals surface area contributed by atoms with Gasteiger partial charge in [0, 0.05) is 25.9 Å². The van der Waals surface area contributed by atoms with Crippen LogP contribution in [-0.4, -0.2) is 23.5 Å². The predicted octanol–water partition coefficient (Wildman–Crippen LogP) is 2.42. The molecule has 1 saturated carbocycles. The third kappa shape index (κ3) is 1.97. The van der Waals surface area contributed by atoms with Gasteiger partial charge in [-0.05, 0) is 30.9 Å². The highest BCUT2D eigenvalue weighted by molar-refractivity contribution is 6.31. The van der Waals surface area contributed by atoms with Crippen LogP contribution < -0.4 is 0 Å². The first-order valence-electron chi connectivity index (χ1n) is 5.35. The molecule has 0 aliphatic heterocycles. The summed E-state index contributed by atoms with van der Waals surface area (Å²) in [5.41, 5.74) is 0.275. The lowest BCUT2D eigenvalue weighted by Gasteiger charge is -2.38. The molecule has 0 spiro atoms. The Balaban J connectivity index is 2.10. The molecule has 0 N–H and O–H groups in total. The number of halogens is 1. The van der Waals surface area contributed by atoms with Gasteiger partial charge in [0.2, 0.25) is 0 Å². The van der Waals surface area contributed by atoms with Crippen molar-refractivity contribution in [1.29, 1.82) is 0 Å². The van der Waals surface area contributed by atoms with Crippen LogP contribution in [0.4, 0.5) is 0 Å². The molecule has 86 valence electrons. The van der Waals surface area contributed by atoms with Gasteiger partial charge in [0.15, 0.2) is 5.78 Å². The maximum Gasteiger partial charge on any atom is 0.169 e. The second-order valence-electron chi connectivity index (χ2n) is 4.12. The lowest BCUT2D eigenvalue weighted by Crippen LogP contribution is -2.47. The number of ketones is 1. The SMILES string of the molecule is COC1(C(=O)Cc2ccncc2Cl)CCC1. The number of rotatable bonds is 4. The van der Waals surface area contributed by atoms with E-state index in [1.54, 1.807) is 25.6 Å². The molecule has 1 aromatic rings. The van der Waals surface area contributed by atoms with Crippen LogP contribution in [-0.2, 0) is 16.0 Å². The molecular formula is C12H14ClNO2. The summed E-state index contributed by atoms with van der Waals surface area (Å²) >= 11 is 5.97. The molecule has 2 rings (SSSR count). The number of Topliss-reactive ketones (excluding diaryl/α,β-unsaturated/α-hetero) is 1. The number of nitrogens with zero attached hydrogens (tertiary/aromatic N) is 1. The summed E-state index contributed by atoms with van der Waals surface area (Å²) in [5.74, 6) is 0.120. The number of hydrogen-bond acceptors (Lipinski definition) is 3. The normalized spacial score (nSPS) is 17.9. The number of ether oxygens (including phenoxy) is 1. The smallest absolute Gasteiger partial charge is 0.169 e. The Bertz CT molecular complexity index is 396. The maximum atomic E-state index is 12.1. The zero-order valence-electron chi connectivity index (χ0n) is 9.20. The summed E-state index contributed by atoms with van der Waals surface area (Å²) in [7, 11) is 1.60. The van der Waals surface area contributed by atoms with Gasteiger partial charge in [0.05, 0.1) is 5.02 Å². The van der Waals surface area contributed by atoms with E-state index in [0.29, 0.717) is 11.4 Å². The molecule has 0 radical (unpaired) electrons. The van der Waals surface area contributed by atoms with Gasteiger partial charge in [0.25, 0.3) is 0 Å². The van der Waals surface area contributed by atoms with Crippen LogP contribution in [0, 0.1) is 0 Å². The Hall–Kier alpha value is -0.930. The van der Waals surface area contributed by atoms with Crippen molar-refractivity contribution in [2.24, 2.45) is 0 Å². The molecule has 16 heavy (non-hydrogen) atoms. The summed E-state index contributed by atoms with van der Waals surface area (Å²) < 4.78 is 5.34. The zero-order chi connectivity index (χ0) is 11.6. The Morgan fingerprint density at radius 1 is 1.62 bits per heavy atom. The van der Waals surface area contributed by atoms with Crippen LogP contribution in [0.15, 0.2) is 18.5 Å². The van der Waals surface area contributed by atoms with Gasteiger partial charge in [-0.3, -0.25) is 9.78 Å². The van der Waals surface area contributed by atoms with Gasteiger partial charge in [0.1, 0.15) is 5.60 Å². The van der Waals surface area contributed by atoms with E-state index >= 15 is 0 Å². The zero-order valence-corrected chi connectivity index (χ0v) is 9.96. The fraction of sp³-hybridized carbons (Fsp3) is 0.500. The Labute approximate surface area is 99.8 Å². The van der Waals surface area contributed by atoms with Crippen molar-refractivity contribution in [2.75, 3.05) is 7.11 Å². The monoisotopic (exact) mass is 239 g/mol. The number of carbonyl (C=O) groups is 1. The van der Waals surface area contributed by atoms with Crippen molar-refractivity contribution in [1.82, 2.24) is 4.98 Å². The van der Waals surface area contributed by atoms with Crippen molar-refractivity contribution < 1.29 is 9.53 Å². The molecule has 1 fully saturated rings. The van der Waals surface area contributed by atoms with E-state index in [1.165, 1.54) is 0 Å². The Morgan fingerprint density at radius 2 is 2.38 bits per heavy atom.